The van der Waals surface area contributed by atoms with Crippen molar-refractivity contribution < 1.29 is 4.79 Å². The molecule has 1 fully saturated rings. The van der Waals surface area contributed by atoms with E-state index in [9.17, 15) is 4.79 Å². The fourth-order valence-electron chi connectivity index (χ4n) is 2.67. The van der Waals surface area contributed by atoms with Crippen molar-refractivity contribution in [3.63, 3.8) is 0 Å². The first kappa shape index (κ1) is 14.3. The van der Waals surface area contributed by atoms with Crippen LogP contribution in [0.15, 0.2) is 35.1 Å². The zero-order chi connectivity index (χ0) is 15.0. The van der Waals surface area contributed by atoms with Crippen LogP contribution in [0.1, 0.15) is 36.7 Å². The number of amides is 1. The Morgan fingerprint density at radius 2 is 2.24 bits per heavy atom. The van der Waals surface area contributed by atoms with Crippen LogP contribution in [0, 0.1) is 5.92 Å². The second-order valence-electron chi connectivity index (χ2n) is 5.50. The van der Waals surface area contributed by atoms with Gasteiger partial charge in [-0.2, -0.15) is 0 Å². The number of carbonyl (C=O) groups is 1. The molecule has 110 valence electrons. The van der Waals surface area contributed by atoms with Crippen molar-refractivity contribution in [2.45, 2.75) is 25.3 Å². The highest BCUT2D eigenvalue weighted by Gasteiger charge is 2.45. The minimum absolute atomic E-state index is 0.0550. The molecule has 1 heterocycles. The zero-order valence-corrected chi connectivity index (χ0v) is 13.5. The molecule has 21 heavy (non-hydrogen) atoms. The third-order valence-corrected chi connectivity index (χ3v) is 4.65. The Morgan fingerprint density at radius 1 is 1.48 bits per heavy atom. The van der Waals surface area contributed by atoms with E-state index in [-0.39, 0.29) is 17.9 Å². The quantitative estimate of drug-likeness (QED) is 0.923. The van der Waals surface area contributed by atoms with Crippen LogP contribution >= 0.6 is 15.9 Å². The molecule has 1 amide bonds. The van der Waals surface area contributed by atoms with Crippen molar-refractivity contribution in [2.24, 2.45) is 13.0 Å². The molecule has 1 N–H and O–H groups in total. The smallest absolute Gasteiger partial charge is 0.224 e. The normalized spacial score (nSPS) is 21.9. The summed E-state index contributed by atoms with van der Waals surface area (Å²) in [6, 6.07) is 7.96. The number of hydrogen-bond acceptors (Lipinski definition) is 3. The van der Waals surface area contributed by atoms with Crippen LogP contribution in [0.5, 0.6) is 0 Å². The van der Waals surface area contributed by atoms with Gasteiger partial charge in [0, 0.05) is 17.4 Å². The van der Waals surface area contributed by atoms with Crippen molar-refractivity contribution in [3.8, 4) is 0 Å². The first-order valence-electron chi connectivity index (χ1n) is 6.96. The van der Waals surface area contributed by atoms with Crippen LogP contribution < -0.4 is 5.32 Å². The number of benzene rings is 1. The van der Waals surface area contributed by atoms with E-state index in [1.54, 1.807) is 6.33 Å². The summed E-state index contributed by atoms with van der Waals surface area (Å²) in [4.78, 5) is 12.3. The van der Waals surface area contributed by atoms with Gasteiger partial charge >= 0.3 is 0 Å². The number of aromatic nitrogens is 3. The molecule has 0 spiro atoms. The van der Waals surface area contributed by atoms with E-state index in [0.29, 0.717) is 5.92 Å². The average molecular weight is 349 g/mol. The summed E-state index contributed by atoms with van der Waals surface area (Å²) in [7, 11) is 1.87. The second kappa shape index (κ2) is 5.60. The number of carbonyl (C=O) groups excluding carboxylic acids is 1. The molecule has 3 rings (SSSR count). The van der Waals surface area contributed by atoms with E-state index in [1.165, 1.54) is 5.56 Å². The molecule has 5 nitrogen and oxygen atoms in total. The predicted octanol–water partition coefficient (Wildman–Crippen LogP) is 2.56. The monoisotopic (exact) mass is 348 g/mol. The summed E-state index contributed by atoms with van der Waals surface area (Å²) in [6.45, 7) is 1.93. The number of nitrogens with zero attached hydrogens (tertiary/aromatic N) is 3. The maximum atomic E-state index is 12.3. The molecular formula is C15H17BrN4O. The third-order valence-electron chi connectivity index (χ3n) is 3.92. The highest BCUT2D eigenvalue weighted by molar-refractivity contribution is 9.10. The molecule has 0 aliphatic heterocycles. The van der Waals surface area contributed by atoms with Gasteiger partial charge in [-0.05, 0) is 30.9 Å². The maximum absolute atomic E-state index is 12.3. The lowest BCUT2D eigenvalue weighted by molar-refractivity contribution is -0.123. The fraction of sp³-hybridized carbons (Fsp3) is 0.400. The van der Waals surface area contributed by atoms with Crippen LogP contribution in [-0.4, -0.2) is 20.7 Å². The van der Waals surface area contributed by atoms with E-state index in [2.05, 4.69) is 37.5 Å². The molecule has 0 unspecified atom stereocenters. The lowest BCUT2D eigenvalue weighted by atomic mass is 10.1. The summed E-state index contributed by atoms with van der Waals surface area (Å²) in [5, 5.41) is 10.9. The van der Waals surface area contributed by atoms with Crippen LogP contribution in [0.4, 0.5) is 0 Å². The summed E-state index contributed by atoms with van der Waals surface area (Å²) in [5.41, 5.74) is 1.21. The van der Waals surface area contributed by atoms with E-state index in [4.69, 9.17) is 0 Å². The summed E-state index contributed by atoms with van der Waals surface area (Å²) < 4.78 is 2.90. The van der Waals surface area contributed by atoms with E-state index in [0.717, 1.165) is 16.7 Å². The minimum atomic E-state index is -0.134. The van der Waals surface area contributed by atoms with Crippen molar-refractivity contribution >= 4 is 21.8 Å². The number of aryl methyl sites for hydroxylation is 1. The average Bonchev–Trinajstić information content (AvgIpc) is 3.13. The Morgan fingerprint density at radius 3 is 2.90 bits per heavy atom. The number of rotatable bonds is 4. The molecule has 2 aromatic rings. The van der Waals surface area contributed by atoms with Crippen molar-refractivity contribution in [2.75, 3.05) is 0 Å². The Hall–Kier alpha value is -1.69. The molecule has 3 atom stereocenters. The maximum Gasteiger partial charge on any atom is 0.224 e. The van der Waals surface area contributed by atoms with Gasteiger partial charge in [0.2, 0.25) is 5.91 Å². The Kier molecular flexibility index (Phi) is 3.80. The second-order valence-corrected chi connectivity index (χ2v) is 6.35. The van der Waals surface area contributed by atoms with Crippen LogP contribution in [0.25, 0.3) is 0 Å². The van der Waals surface area contributed by atoms with E-state index < -0.39 is 0 Å². The van der Waals surface area contributed by atoms with Crippen LogP contribution in [-0.2, 0) is 11.8 Å². The molecule has 1 aliphatic carbocycles. The summed E-state index contributed by atoms with van der Waals surface area (Å²) in [5.74, 6) is 1.22. The van der Waals surface area contributed by atoms with Gasteiger partial charge in [-0.1, -0.05) is 34.1 Å². The molecule has 1 aromatic heterocycles. The lowest BCUT2D eigenvalue weighted by Crippen LogP contribution is -2.30. The van der Waals surface area contributed by atoms with Gasteiger partial charge in [-0.15, -0.1) is 10.2 Å². The predicted molar refractivity (Wildman–Crippen MR) is 82.6 cm³/mol. The third kappa shape index (κ3) is 2.85. The summed E-state index contributed by atoms with van der Waals surface area (Å²) >= 11 is 3.55. The number of hydrogen-bond donors (Lipinski definition) is 1. The number of halogens is 1. The highest BCUT2D eigenvalue weighted by atomic mass is 79.9. The van der Waals surface area contributed by atoms with Crippen LogP contribution in [0.2, 0.25) is 0 Å². The topological polar surface area (TPSA) is 59.8 Å². The van der Waals surface area contributed by atoms with Crippen molar-refractivity contribution in [1.82, 2.24) is 20.1 Å². The molecule has 0 bridgehead atoms. The Bertz CT molecular complexity index is 669. The standard InChI is InChI=1S/C15H17BrN4O/c1-9(14-19-17-8-20(14)2)18-15(21)12-7-11(12)10-5-3-4-6-13(10)16/h3-6,8-9,11-12H,7H2,1-2H3,(H,18,21)/t9-,11+,12-/m0/s1. The zero-order valence-electron chi connectivity index (χ0n) is 12.0. The molecule has 1 saturated carbocycles. The SMILES string of the molecule is C[C@H](NC(=O)[C@H]1C[C@@H]1c1ccccc1Br)c1nncn1C. The van der Waals surface area contributed by atoms with Crippen molar-refractivity contribution in [3.05, 3.63) is 46.5 Å². The first-order valence-corrected chi connectivity index (χ1v) is 7.76. The van der Waals surface area contributed by atoms with Gasteiger partial charge in [0.25, 0.3) is 0 Å². The Labute approximate surface area is 131 Å². The first-order chi connectivity index (χ1) is 10.1. The lowest BCUT2D eigenvalue weighted by Gasteiger charge is -2.13. The van der Waals surface area contributed by atoms with E-state index >= 15 is 0 Å². The number of nitrogens with one attached hydrogen (secondary N) is 1. The van der Waals surface area contributed by atoms with Gasteiger partial charge in [-0.3, -0.25) is 4.79 Å². The van der Waals surface area contributed by atoms with Gasteiger partial charge in [0.15, 0.2) is 5.82 Å². The van der Waals surface area contributed by atoms with Crippen LogP contribution in [0.3, 0.4) is 0 Å². The molecular weight excluding hydrogens is 332 g/mol. The molecule has 0 saturated heterocycles. The minimum Gasteiger partial charge on any atom is -0.346 e. The molecule has 1 aliphatic rings. The van der Waals surface area contributed by atoms with Gasteiger partial charge in [-0.25, -0.2) is 0 Å². The largest absolute Gasteiger partial charge is 0.346 e. The van der Waals surface area contributed by atoms with E-state index in [1.807, 2.05) is 36.7 Å². The van der Waals surface area contributed by atoms with Crippen molar-refractivity contribution in [1.29, 1.82) is 0 Å². The van der Waals surface area contributed by atoms with Gasteiger partial charge in [0.05, 0.1) is 6.04 Å². The highest BCUT2D eigenvalue weighted by Crippen LogP contribution is 2.49. The molecule has 6 heteroatoms. The molecule has 0 radical (unpaired) electrons. The van der Waals surface area contributed by atoms with Gasteiger partial charge in [0.1, 0.15) is 6.33 Å². The molecule has 1 aromatic carbocycles. The van der Waals surface area contributed by atoms with Gasteiger partial charge < -0.3 is 9.88 Å². The summed E-state index contributed by atoms with van der Waals surface area (Å²) in [6.07, 6.45) is 2.54. The Balaban J connectivity index is 1.63. The fourth-order valence-corrected chi connectivity index (χ4v) is 3.25.